The number of aromatic amines is 2. The first-order valence-corrected chi connectivity index (χ1v) is 7.69. The average Bonchev–Trinajstić information content (AvgIpc) is 2.86. The van der Waals surface area contributed by atoms with Crippen molar-refractivity contribution in [3.05, 3.63) is 57.5 Å². The molecule has 0 saturated heterocycles. The van der Waals surface area contributed by atoms with Gasteiger partial charge in [0.2, 0.25) is 0 Å². The highest BCUT2D eigenvalue weighted by Gasteiger charge is 2.51. The highest BCUT2D eigenvalue weighted by Crippen LogP contribution is 2.44. The number of carbonyl (C=O) groups excluding carboxylic acids is 1. The molecule has 6 nitrogen and oxygen atoms in total. The lowest BCUT2D eigenvalue weighted by Crippen LogP contribution is -2.50. The zero-order chi connectivity index (χ0) is 16.6. The maximum Gasteiger partial charge on any atom is 0.312 e. The zero-order valence-corrected chi connectivity index (χ0v) is 13.1. The first-order valence-electron chi connectivity index (χ1n) is 7.69. The van der Waals surface area contributed by atoms with Gasteiger partial charge < -0.3 is 14.9 Å². The van der Waals surface area contributed by atoms with Crippen LogP contribution in [0.25, 0.3) is 0 Å². The molecular formula is C17H20N2O4. The summed E-state index contributed by atoms with van der Waals surface area (Å²) in [5.74, 6) is -1.88. The zero-order valence-electron chi connectivity index (χ0n) is 13.1. The summed E-state index contributed by atoms with van der Waals surface area (Å²) in [4.78, 5) is 24.8. The fourth-order valence-electron chi connectivity index (χ4n) is 3.51. The van der Waals surface area contributed by atoms with Crippen molar-refractivity contribution in [1.29, 1.82) is 0 Å². The minimum Gasteiger partial charge on any atom is -0.466 e. The van der Waals surface area contributed by atoms with E-state index < -0.39 is 23.4 Å². The third-order valence-electron chi connectivity index (χ3n) is 4.44. The second-order valence-corrected chi connectivity index (χ2v) is 6.12. The molecule has 2 aromatic rings. The summed E-state index contributed by atoms with van der Waals surface area (Å²) >= 11 is 0. The van der Waals surface area contributed by atoms with Crippen LogP contribution in [0.1, 0.15) is 36.6 Å². The molecule has 1 heterocycles. The van der Waals surface area contributed by atoms with Crippen LogP contribution in [0.15, 0.2) is 35.1 Å². The number of H-pyrrole nitrogens is 2. The summed E-state index contributed by atoms with van der Waals surface area (Å²) in [6, 6.07) is 9.28. The van der Waals surface area contributed by atoms with Crippen molar-refractivity contribution >= 4 is 5.97 Å². The van der Waals surface area contributed by atoms with E-state index in [-0.39, 0.29) is 18.6 Å². The lowest BCUT2D eigenvalue weighted by atomic mass is 9.66. The van der Waals surface area contributed by atoms with E-state index >= 15 is 0 Å². The molecule has 0 saturated carbocycles. The number of benzene rings is 1. The van der Waals surface area contributed by atoms with E-state index in [2.05, 4.69) is 10.2 Å². The molecule has 1 aliphatic rings. The molecule has 1 aromatic carbocycles. The molecule has 0 aliphatic heterocycles. The predicted octanol–water partition coefficient (Wildman–Crippen LogP) is 1.32. The Morgan fingerprint density at radius 2 is 2.04 bits per heavy atom. The number of nitrogens with one attached hydrogen (secondary N) is 2. The van der Waals surface area contributed by atoms with Gasteiger partial charge in [-0.05, 0) is 19.4 Å². The molecule has 3 rings (SSSR count). The van der Waals surface area contributed by atoms with Crippen LogP contribution in [0.3, 0.4) is 0 Å². The topological polar surface area (TPSA) is 95.2 Å². The van der Waals surface area contributed by atoms with Gasteiger partial charge in [-0.25, -0.2) is 0 Å². The molecule has 0 fully saturated rings. The average molecular weight is 316 g/mol. The van der Waals surface area contributed by atoms with Crippen molar-refractivity contribution in [2.45, 2.75) is 31.8 Å². The van der Waals surface area contributed by atoms with Crippen molar-refractivity contribution in [2.24, 2.45) is 5.92 Å². The summed E-state index contributed by atoms with van der Waals surface area (Å²) < 4.78 is 5.18. The fraction of sp³-hybridized carbons (Fsp3) is 0.412. The maximum absolute atomic E-state index is 12.5. The standard InChI is InChI=1S/C17H20N2O4/c1-3-23-16(21)14-12(10-7-5-4-6-8-10)13-11(9-17(14,2)22)18-19-15(13)20/h4-8,12,14,22H,3,9H2,1-2H3,(H2,18,19,20)/t12-,14-,17-/m0/s1. The Morgan fingerprint density at radius 3 is 2.70 bits per heavy atom. The minimum atomic E-state index is -1.31. The fourth-order valence-corrected chi connectivity index (χ4v) is 3.51. The normalized spacial score (nSPS) is 26.6. The van der Waals surface area contributed by atoms with Crippen molar-refractivity contribution < 1.29 is 14.6 Å². The van der Waals surface area contributed by atoms with E-state index in [9.17, 15) is 14.7 Å². The van der Waals surface area contributed by atoms with Crippen LogP contribution < -0.4 is 5.56 Å². The Morgan fingerprint density at radius 1 is 1.35 bits per heavy atom. The second kappa shape index (κ2) is 5.70. The van der Waals surface area contributed by atoms with E-state index in [1.807, 2.05) is 30.3 Å². The Labute approximate surface area is 133 Å². The lowest BCUT2D eigenvalue weighted by Gasteiger charge is -2.40. The number of aromatic nitrogens is 2. The van der Waals surface area contributed by atoms with E-state index in [1.54, 1.807) is 13.8 Å². The SMILES string of the molecule is CCOC(=O)[C@@H]1[C@@H](c2ccccc2)c2c([nH][nH]c2=O)C[C@]1(C)O. The van der Waals surface area contributed by atoms with E-state index in [4.69, 9.17) is 4.74 Å². The Balaban J connectivity index is 2.20. The van der Waals surface area contributed by atoms with Crippen LogP contribution >= 0.6 is 0 Å². The van der Waals surface area contributed by atoms with Gasteiger partial charge in [-0.15, -0.1) is 0 Å². The van der Waals surface area contributed by atoms with Crippen LogP contribution in [0.4, 0.5) is 0 Å². The quantitative estimate of drug-likeness (QED) is 0.744. The van der Waals surface area contributed by atoms with Gasteiger partial charge in [-0.2, -0.15) is 0 Å². The summed E-state index contributed by atoms with van der Waals surface area (Å²) in [5, 5.41) is 16.3. The van der Waals surface area contributed by atoms with Crippen LogP contribution in [0.5, 0.6) is 0 Å². The number of carbonyl (C=O) groups is 1. The molecule has 3 atom stereocenters. The highest BCUT2D eigenvalue weighted by molar-refractivity contribution is 5.77. The van der Waals surface area contributed by atoms with Crippen molar-refractivity contribution in [3.63, 3.8) is 0 Å². The Bertz CT molecular complexity index is 760. The number of rotatable bonds is 3. The Kier molecular flexibility index (Phi) is 3.85. The van der Waals surface area contributed by atoms with Crippen LogP contribution in [0, 0.1) is 5.92 Å². The second-order valence-electron chi connectivity index (χ2n) is 6.12. The molecule has 0 radical (unpaired) electrons. The van der Waals surface area contributed by atoms with Crippen LogP contribution in [-0.4, -0.2) is 33.5 Å². The molecular weight excluding hydrogens is 296 g/mol. The maximum atomic E-state index is 12.5. The summed E-state index contributed by atoms with van der Waals surface area (Å²) in [7, 11) is 0. The summed E-state index contributed by atoms with van der Waals surface area (Å²) in [6.07, 6.45) is 0.188. The van der Waals surface area contributed by atoms with E-state index in [0.717, 1.165) is 5.56 Å². The van der Waals surface area contributed by atoms with E-state index in [0.29, 0.717) is 11.3 Å². The molecule has 3 N–H and O–H groups in total. The van der Waals surface area contributed by atoms with Gasteiger partial charge in [0.05, 0.1) is 18.1 Å². The lowest BCUT2D eigenvalue weighted by molar-refractivity contribution is -0.159. The van der Waals surface area contributed by atoms with Gasteiger partial charge in [-0.1, -0.05) is 30.3 Å². The summed E-state index contributed by atoms with van der Waals surface area (Å²) in [5.41, 5.74) is 0.357. The minimum absolute atomic E-state index is 0.188. The third-order valence-corrected chi connectivity index (χ3v) is 4.44. The van der Waals surface area contributed by atoms with Crippen LogP contribution in [0.2, 0.25) is 0 Å². The number of fused-ring (bicyclic) bond motifs is 1. The smallest absolute Gasteiger partial charge is 0.312 e. The molecule has 1 aliphatic carbocycles. The van der Waals surface area contributed by atoms with E-state index in [1.165, 1.54) is 0 Å². The molecule has 0 amide bonds. The van der Waals surface area contributed by atoms with Crippen LogP contribution in [-0.2, 0) is 16.0 Å². The first kappa shape index (κ1) is 15.6. The predicted molar refractivity (Wildman–Crippen MR) is 84.1 cm³/mol. The van der Waals surface area contributed by atoms with Gasteiger partial charge in [0.25, 0.3) is 5.56 Å². The van der Waals surface area contributed by atoms with Gasteiger partial charge in [0.1, 0.15) is 0 Å². The van der Waals surface area contributed by atoms with Gasteiger partial charge in [-0.3, -0.25) is 14.7 Å². The summed E-state index contributed by atoms with van der Waals surface area (Å²) in [6.45, 7) is 3.56. The van der Waals surface area contributed by atoms with Crippen molar-refractivity contribution in [1.82, 2.24) is 10.2 Å². The third kappa shape index (κ3) is 2.59. The number of esters is 1. The first-order chi connectivity index (χ1) is 11.0. The molecule has 0 bridgehead atoms. The molecule has 122 valence electrons. The largest absolute Gasteiger partial charge is 0.466 e. The molecule has 0 unspecified atom stereocenters. The monoisotopic (exact) mass is 316 g/mol. The molecule has 1 aromatic heterocycles. The molecule has 23 heavy (non-hydrogen) atoms. The molecule has 6 heteroatoms. The van der Waals surface area contributed by atoms with Gasteiger partial charge >= 0.3 is 5.97 Å². The number of hydrogen-bond donors (Lipinski definition) is 3. The number of hydrogen-bond acceptors (Lipinski definition) is 4. The van der Waals surface area contributed by atoms with Gasteiger partial charge in [0, 0.05) is 23.6 Å². The van der Waals surface area contributed by atoms with Crippen molar-refractivity contribution in [2.75, 3.05) is 6.61 Å². The number of aliphatic hydroxyl groups is 1. The highest BCUT2D eigenvalue weighted by atomic mass is 16.5. The van der Waals surface area contributed by atoms with Crippen molar-refractivity contribution in [3.8, 4) is 0 Å². The molecule has 0 spiro atoms. The Hall–Kier alpha value is -2.34. The van der Waals surface area contributed by atoms with Gasteiger partial charge in [0.15, 0.2) is 0 Å². The number of ether oxygens (including phenoxy) is 1.